The molecule has 0 unspecified atom stereocenters. The molecular formula is C20H19N3O5. The first-order valence-electron chi connectivity index (χ1n) is 8.84. The molecule has 0 saturated carbocycles. The van der Waals surface area contributed by atoms with E-state index in [0.717, 1.165) is 11.1 Å². The molecule has 8 heteroatoms. The van der Waals surface area contributed by atoms with Crippen molar-refractivity contribution < 1.29 is 23.8 Å². The Kier molecular flexibility index (Phi) is 4.84. The molecule has 1 N–H and O–H groups in total. The Bertz CT molecular complexity index is 1030. The van der Waals surface area contributed by atoms with Crippen LogP contribution in [0, 0.1) is 0 Å². The predicted octanol–water partition coefficient (Wildman–Crippen LogP) is 2.15. The number of likely N-dealkylation sites (N-methyl/N-ethyl adjacent to an activating group) is 1. The lowest BCUT2D eigenvalue weighted by molar-refractivity contribution is -0.133. The molecular weight excluding hydrogens is 362 g/mol. The third-order valence-corrected chi connectivity index (χ3v) is 4.44. The van der Waals surface area contributed by atoms with Gasteiger partial charge in [-0.05, 0) is 23.8 Å². The summed E-state index contributed by atoms with van der Waals surface area (Å²) in [7, 11) is 1.65. The highest BCUT2D eigenvalue weighted by Crippen LogP contribution is 2.31. The molecule has 144 valence electrons. The fourth-order valence-electron chi connectivity index (χ4n) is 2.97. The van der Waals surface area contributed by atoms with Gasteiger partial charge in [0.1, 0.15) is 13.2 Å². The van der Waals surface area contributed by atoms with Crippen molar-refractivity contribution in [1.82, 2.24) is 15.1 Å². The zero-order valence-electron chi connectivity index (χ0n) is 15.3. The van der Waals surface area contributed by atoms with Gasteiger partial charge in [-0.1, -0.05) is 24.3 Å². The van der Waals surface area contributed by atoms with E-state index >= 15 is 0 Å². The fraction of sp³-hybridized carbons (Fsp3) is 0.250. The van der Waals surface area contributed by atoms with Gasteiger partial charge in [-0.15, -0.1) is 0 Å². The standard InChI is InChI=1S/C20H19N3O5/c1-23(11-13-6-7-16-17(10-13)27-9-8-26-16)18(24)12-28-20(25)19-14-4-2-3-5-15(14)21-22-19/h2-7,10H,8-9,11-12H2,1H3,(H,21,22). The number of aromatic amines is 1. The summed E-state index contributed by atoms with van der Waals surface area (Å²) in [6.07, 6.45) is 0. The van der Waals surface area contributed by atoms with Crippen LogP contribution in [0.3, 0.4) is 0 Å². The lowest BCUT2D eigenvalue weighted by Crippen LogP contribution is -2.31. The number of amides is 1. The minimum atomic E-state index is -0.640. The quantitative estimate of drug-likeness (QED) is 0.681. The summed E-state index contributed by atoms with van der Waals surface area (Å²) >= 11 is 0. The Morgan fingerprint density at radius 1 is 1.14 bits per heavy atom. The molecule has 28 heavy (non-hydrogen) atoms. The second-order valence-corrected chi connectivity index (χ2v) is 6.42. The molecule has 0 radical (unpaired) electrons. The van der Waals surface area contributed by atoms with Crippen molar-refractivity contribution in [2.24, 2.45) is 0 Å². The number of esters is 1. The predicted molar refractivity (Wildman–Crippen MR) is 100 cm³/mol. The molecule has 1 amide bonds. The molecule has 0 aliphatic carbocycles. The lowest BCUT2D eigenvalue weighted by Gasteiger charge is -2.21. The van der Waals surface area contributed by atoms with Crippen LogP contribution in [0.4, 0.5) is 0 Å². The van der Waals surface area contributed by atoms with Crippen LogP contribution in [-0.4, -0.2) is 53.8 Å². The molecule has 0 atom stereocenters. The van der Waals surface area contributed by atoms with Gasteiger partial charge in [0.05, 0.1) is 5.52 Å². The maximum absolute atomic E-state index is 12.3. The summed E-state index contributed by atoms with van der Waals surface area (Å²) in [5.41, 5.74) is 1.79. The topological polar surface area (TPSA) is 93.8 Å². The Hall–Kier alpha value is -3.55. The van der Waals surface area contributed by atoms with E-state index in [9.17, 15) is 9.59 Å². The smallest absolute Gasteiger partial charge is 0.359 e. The van der Waals surface area contributed by atoms with Crippen LogP contribution in [0.1, 0.15) is 16.1 Å². The summed E-state index contributed by atoms with van der Waals surface area (Å²) in [6, 6.07) is 12.8. The van der Waals surface area contributed by atoms with Gasteiger partial charge < -0.3 is 19.1 Å². The number of aromatic nitrogens is 2. The molecule has 0 saturated heterocycles. The molecule has 4 rings (SSSR count). The Balaban J connectivity index is 1.35. The minimum Gasteiger partial charge on any atom is -0.486 e. The monoisotopic (exact) mass is 381 g/mol. The van der Waals surface area contributed by atoms with Crippen molar-refractivity contribution in [3.63, 3.8) is 0 Å². The number of carbonyl (C=O) groups is 2. The number of H-pyrrole nitrogens is 1. The van der Waals surface area contributed by atoms with Gasteiger partial charge in [-0.25, -0.2) is 4.79 Å². The van der Waals surface area contributed by atoms with Crippen LogP contribution in [0.25, 0.3) is 10.9 Å². The SMILES string of the molecule is CN(Cc1ccc2c(c1)OCCO2)C(=O)COC(=O)c1n[nH]c2ccccc12. The highest BCUT2D eigenvalue weighted by Gasteiger charge is 2.19. The zero-order valence-corrected chi connectivity index (χ0v) is 15.3. The van der Waals surface area contributed by atoms with Gasteiger partial charge in [-0.2, -0.15) is 5.10 Å². The van der Waals surface area contributed by atoms with E-state index in [1.807, 2.05) is 30.3 Å². The number of benzene rings is 2. The second kappa shape index (κ2) is 7.59. The van der Waals surface area contributed by atoms with Crippen LogP contribution in [-0.2, 0) is 16.1 Å². The molecule has 0 fully saturated rings. The summed E-state index contributed by atoms with van der Waals surface area (Å²) in [5.74, 6) is 0.409. The molecule has 0 bridgehead atoms. The lowest BCUT2D eigenvalue weighted by atomic mass is 10.2. The Morgan fingerprint density at radius 2 is 1.93 bits per heavy atom. The normalized spacial score (nSPS) is 12.6. The molecule has 3 aromatic rings. The maximum atomic E-state index is 12.3. The van der Waals surface area contributed by atoms with E-state index in [4.69, 9.17) is 14.2 Å². The molecule has 0 spiro atoms. The van der Waals surface area contributed by atoms with Crippen LogP contribution >= 0.6 is 0 Å². The van der Waals surface area contributed by atoms with Crippen molar-refractivity contribution in [2.75, 3.05) is 26.9 Å². The third kappa shape index (κ3) is 3.62. The average molecular weight is 381 g/mol. The molecule has 2 heterocycles. The Morgan fingerprint density at radius 3 is 2.79 bits per heavy atom. The second-order valence-electron chi connectivity index (χ2n) is 6.42. The van der Waals surface area contributed by atoms with E-state index in [1.54, 1.807) is 19.2 Å². The molecule has 1 aliphatic heterocycles. The highest BCUT2D eigenvalue weighted by molar-refractivity contribution is 6.02. The van der Waals surface area contributed by atoms with Crippen molar-refractivity contribution in [3.05, 3.63) is 53.7 Å². The number of nitrogens with zero attached hydrogens (tertiary/aromatic N) is 2. The van der Waals surface area contributed by atoms with Gasteiger partial charge in [0.25, 0.3) is 5.91 Å². The van der Waals surface area contributed by atoms with Crippen LogP contribution in [0.5, 0.6) is 11.5 Å². The summed E-state index contributed by atoms with van der Waals surface area (Å²) < 4.78 is 16.2. The maximum Gasteiger partial charge on any atom is 0.359 e. The number of para-hydroxylation sites is 1. The number of hydrogen-bond acceptors (Lipinski definition) is 6. The number of ether oxygens (including phenoxy) is 3. The van der Waals surface area contributed by atoms with Crippen molar-refractivity contribution >= 4 is 22.8 Å². The number of fused-ring (bicyclic) bond motifs is 2. The van der Waals surface area contributed by atoms with Crippen molar-refractivity contribution in [3.8, 4) is 11.5 Å². The largest absolute Gasteiger partial charge is 0.486 e. The molecule has 8 nitrogen and oxygen atoms in total. The number of carbonyl (C=O) groups excluding carboxylic acids is 2. The fourth-order valence-corrected chi connectivity index (χ4v) is 2.97. The van der Waals surface area contributed by atoms with E-state index in [-0.39, 0.29) is 18.2 Å². The number of hydrogen-bond donors (Lipinski definition) is 1. The first kappa shape index (κ1) is 17.8. The van der Waals surface area contributed by atoms with Crippen molar-refractivity contribution in [1.29, 1.82) is 0 Å². The molecule has 1 aliphatic rings. The first-order valence-corrected chi connectivity index (χ1v) is 8.84. The van der Waals surface area contributed by atoms with Gasteiger partial charge in [0.2, 0.25) is 0 Å². The van der Waals surface area contributed by atoms with Crippen molar-refractivity contribution in [2.45, 2.75) is 6.54 Å². The van der Waals surface area contributed by atoms with E-state index in [2.05, 4.69) is 10.2 Å². The van der Waals surface area contributed by atoms with E-state index in [1.165, 1.54) is 4.90 Å². The molecule has 1 aromatic heterocycles. The number of rotatable bonds is 5. The Labute approximate surface area is 161 Å². The van der Waals surface area contributed by atoms with Gasteiger partial charge >= 0.3 is 5.97 Å². The average Bonchev–Trinajstić information content (AvgIpc) is 3.16. The van der Waals surface area contributed by atoms with Crippen LogP contribution < -0.4 is 9.47 Å². The minimum absolute atomic E-state index is 0.165. The first-order chi connectivity index (χ1) is 13.6. The summed E-state index contributed by atoms with van der Waals surface area (Å²) in [4.78, 5) is 26.1. The van der Waals surface area contributed by atoms with Gasteiger partial charge in [0.15, 0.2) is 23.8 Å². The van der Waals surface area contributed by atoms with Crippen LogP contribution in [0.15, 0.2) is 42.5 Å². The van der Waals surface area contributed by atoms with Crippen LogP contribution in [0.2, 0.25) is 0 Å². The van der Waals surface area contributed by atoms with E-state index in [0.29, 0.717) is 36.6 Å². The summed E-state index contributed by atoms with van der Waals surface area (Å²) in [6.45, 7) is 1.03. The molecule has 2 aromatic carbocycles. The van der Waals surface area contributed by atoms with Gasteiger partial charge in [0, 0.05) is 19.0 Å². The van der Waals surface area contributed by atoms with E-state index < -0.39 is 5.97 Å². The zero-order chi connectivity index (χ0) is 19.5. The van der Waals surface area contributed by atoms with Gasteiger partial charge in [-0.3, -0.25) is 9.89 Å². The third-order valence-electron chi connectivity index (χ3n) is 4.44. The summed E-state index contributed by atoms with van der Waals surface area (Å²) in [5, 5.41) is 7.40. The number of nitrogens with one attached hydrogen (secondary N) is 1. The highest BCUT2D eigenvalue weighted by atomic mass is 16.6.